The van der Waals surface area contributed by atoms with E-state index >= 15 is 0 Å². The highest BCUT2D eigenvalue weighted by Gasteiger charge is 2.24. The largest absolute Gasteiger partial charge is 0.352 e. The molecule has 106 valence electrons. The summed E-state index contributed by atoms with van der Waals surface area (Å²) in [6.07, 6.45) is 2.18. The lowest BCUT2D eigenvalue weighted by molar-refractivity contribution is -0.121. The summed E-state index contributed by atoms with van der Waals surface area (Å²) in [6.45, 7) is 2.16. The van der Waals surface area contributed by atoms with Crippen LogP contribution in [0.1, 0.15) is 31.0 Å². The minimum atomic E-state index is -0.228. The molecule has 3 rings (SSSR count). The number of aromatic nitrogens is 2. The zero-order valence-electron chi connectivity index (χ0n) is 11.1. The third-order valence-electron chi connectivity index (χ3n) is 3.34. The van der Waals surface area contributed by atoms with Crippen LogP contribution in [-0.4, -0.2) is 21.5 Å². The molecule has 1 aliphatic rings. The number of hydrogen-bond donors (Lipinski definition) is 1. The fraction of sp³-hybridized carbons (Fsp3) is 0.429. The summed E-state index contributed by atoms with van der Waals surface area (Å²) in [5.41, 5.74) is 1.84. The van der Waals surface area contributed by atoms with Gasteiger partial charge in [0.2, 0.25) is 5.91 Å². The van der Waals surface area contributed by atoms with Crippen LogP contribution >= 0.6 is 34.2 Å². The number of nitrogens with one attached hydrogen (secondary N) is 1. The molecule has 1 N–H and O–H groups in total. The smallest absolute Gasteiger partial charge is 0.240 e. The number of imidazole rings is 1. The predicted molar refractivity (Wildman–Crippen MR) is 87.9 cm³/mol. The molecule has 0 bridgehead atoms. The van der Waals surface area contributed by atoms with Crippen LogP contribution in [-0.2, 0) is 11.3 Å². The maximum Gasteiger partial charge on any atom is 0.240 e. The number of carbonyl (C=O) groups is 1. The highest BCUT2D eigenvalue weighted by atomic mass is 127. The number of nitrogens with zero attached hydrogens (tertiary/aromatic N) is 2. The Bertz CT molecular complexity index is 664. The molecule has 0 saturated heterocycles. The van der Waals surface area contributed by atoms with E-state index in [1.165, 1.54) is 0 Å². The molecule has 1 amide bonds. The zero-order chi connectivity index (χ0) is 14.3. The summed E-state index contributed by atoms with van der Waals surface area (Å²) in [5.74, 6) is 0.776. The van der Waals surface area contributed by atoms with E-state index in [1.807, 2.05) is 29.7 Å². The maximum atomic E-state index is 12.0. The molecule has 1 fully saturated rings. The van der Waals surface area contributed by atoms with Gasteiger partial charge in [0.15, 0.2) is 0 Å². The van der Waals surface area contributed by atoms with Crippen molar-refractivity contribution in [2.24, 2.45) is 0 Å². The van der Waals surface area contributed by atoms with Crippen molar-refractivity contribution in [3.63, 3.8) is 0 Å². The molecule has 1 heterocycles. The Morgan fingerprint density at radius 3 is 3.00 bits per heavy atom. The predicted octanol–water partition coefficient (Wildman–Crippen LogP) is 3.22. The average Bonchev–Trinajstić information content (AvgIpc) is 3.11. The van der Waals surface area contributed by atoms with Crippen LogP contribution in [0.3, 0.4) is 0 Å². The normalized spacial score (nSPS) is 16.4. The van der Waals surface area contributed by atoms with E-state index < -0.39 is 0 Å². The van der Waals surface area contributed by atoms with Gasteiger partial charge in [-0.3, -0.25) is 4.79 Å². The summed E-state index contributed by atoms with van der Waals surface area (Å²) in [5, 5.41) is 2.77. The van der Waals surface area contributed by atoms with Crippen molar-refractivity contribution in [3.05, 3.63) is 27.6 Å². The van der Waals surface area contributed by atoms with E-state index in [-0.39, 0.29) is 17.8 Å². The number of hydrogen-bond acceptors (Lipinski definition) is 2. The van der Waals surface area contributed by atoms with Crippen LogP contribution in [0.25, 0.3) is 11.0 Å². The summed E-state index contributed by atoms with van der Waals surface area (Å²) in [6, 6.07) is 6.39. The number of fused-ring (bicyclic) bond motifs is 1. The number of rotatable bonds is 4. The topological polar surface area (TPSA) is 46.9 Å². The summed E-state index contributed by atoms with van der Waals surface area (Å²) >= 11 is 8.46. The molecule has 1 saturated carbocycles. The Morgan fingerprint density at radius 1 is 1.60 bits per heavy atom. The molecule has 1 aromatic heterocycles. The van der Waals surface area contributed by atoms with Gasteiger partial charge in [0.05, 0.1) is 16.4 Å². The molecular weight excluding hydrogens is 389 g/mol. The van der Waals surface area contributed by atoms with Crippen LogP contribution in [0.4, 0.5) is 0 Å². The van der Waals surface area contributed by atoms with Crippen molar-refractivity contribution in [2.45, 2.75) is 37.7 Å². The molecule has 0 spiro atoms. The van der Waals surface area contributed by atoms with Gasteiger partial charge in [-0.1, -0.05) is 0 Å². The van der Waals surface area contributed by atoms with Crippen molar-refractivity contribution >= 4 is 51.1 Å². The summed E-state index contributed by atoms with van der Waals surface area (Å²) in [4.78, 5) is 16.6. The van der Waals surface area contributed by atoms with E-state index in [2.05, 4.69) is 32.9 Å². The second-order valence-corrected chi connectivity index (χ2v) is 7.05. The van der Waals surface area contributed by atoms with Gasteiger partial charge in [-0.2, -0.15) is 0 Å². The van der Waals surface area contributed by atoms with Gasteiger partial charge in [-0.15, -0.1) is 11.6 Å². The van der Waals surface area contributed by atoms with Crippen LogP contribution in [0.15, 0.2) is 18.2 Å². The number of benzene rings is 1. The van der Waals surface area contributed by atoms with Gasteiger partial charge in [0, 0.05) is 9.61 Å². The second kappa shape index (κ2) is 5.52. The quantitative estimate of drug-likeness (QED) is 0.629. The van der Waals surface area contributed by atoms with Gasteiger partial charge in [-0.25, -0.2) is 4.98 Å². The minimum absolute atomic E-state index is 0.0314. The molecular formula is C14H15ClIN3O. The average molecular weight is 404 g/mol. The van der Waals surface area contributed by atoms with Gasteiger partial charge < -0.3 is 9.88 Å². The summed E-state index contributed by atoms with van der Waals surface area (Å²) < 4.78 is 3.04. The molecule has 0 radical (unpaired) electrons. The Balaban J connectivity index is 1.97. The first-order valence-corrected chi connectivity index (χ1v) is 8.15. The second-order valence-electron chi connectivity index (χ2n) is 5.15. The molecule has 1 aromatic carbocycles. The van der Waals surface area contributed by atoms with Crippen molar-refractivity contribution in [1.29, 1.82) is 0 Å². The zero-order valence-corrected chi connectivity index (χ0v) is 14.0. The first-order chi connectivity index (χ1) is 9.54. The molecule has 1 unspecified atom stereocenters. The van der Waals surface area contributed by atoms with Crippen LogP contribution in [0, 0.1) is 3.57 Å². The fourth-order valence-corrected chi connectivity index (χ4v) is 2.88. The van der Waals surface area contributed by atoms with Gasteiger partial charge in [-0.05, 0) is 60.6 Å². The highest BCUT2D eigenvalue weighted by Crippen LogP contribution is 2.26. The maximum absolute atomic E-state index is 12.0. The molecule has 20 heavy (non-hydrogen) atoms. The summed E-state index contributed by atoms with van der Waals surface area (Å²) in [7, 11) is 0. The standard InChI is InChI=1S/C14H15ClIN3O/c1-8(15)14-18-11-6-9(16)2-5-12(11)19(14)7-13(20)17-10-3-4-10/h2,5-6,8,10H,3-4,7H2,1H3,(H,17,20). The van der Waals surface area contributed by atoms with E-state index in [9.17, 15) is 4.79 Å². The molecule has 6 heteroatoms. The Kier molecular flexibility index (Phi) is 3.90. The monoisotopic (exact) mass is 403 g/mol. The SMILES string of the molecule is CC(Cl)c1nc2cc(I)ccc2n1CC(=O)NC1CC1. The first kappa shape index (κ1) is 14.1. The molecule has 2 aromatic rings. The van der Waals surface area contributed by atoms with Crippen molar-refractivity contribution in [2.75, 3.05) is 0 Å². The lowest BCUT2D eigenvalue weighted by atomic mass is 10.3. The molecule has 1 aliphatic carbocycles. The van der Waals surface area contributed by atoms with E-state index in [0.29, 0.717) is 6.04 Å². The minimum Gasteiger partial charge on any atom is -0.352 e. The van der Waals surface area contributed by atoms with Gasteiger partial charge in [0.25, 0.3) is 0 Å². The van der Waals surface area contributed by atoms with Crippen LogP contribution < -0.4 is 5.32 Å². The highest BCUT2D eigenvalue weighted by molar-refractivity contribution is 14.1. The van der Waals surface area contributed by atoms with Crippen molar-refractivity contribution < 1.29 is 4.79 Å². The lowest BCUT2D eigenvalue weighted by Gasteiger charge is -2.10. The third-order valence-corrected chi connectivity index (χ3v) is 4.21. The molecule has 0 aliphatic heterocycles. The van der Waals surface area contributed by atoms with Crippen molar-refractivity contribution in [1.82, 2.24) is 14.9 Å². The Hall–Kier alpha value is -0.820. The lowest BCUT2D eigenvalue weighted by Crippen LogP contribution is -2.29. The Labute approximate surface area is 136 Å². The fourth-order valence-electron chi connectivity index (χ4n) is 2.24. The Morgan fingerprint density at radius 2 is 2.35 bits per heavy atom. The number of amides is 1. The number of alkyl halides is 1. The first-order valence-electron chi connectivity index (χ1n) is 6.63. The number of carbonyl (C=O) groups excluding carboxylic acids is 1. The van der Waals surface area contributed by atoms with Crippen LogP contribution in [0.5, 0.6) is 0 Å². The van der Waals surface area contributed by atoms with E-state index in [0.717, 1.165) is 33.3 Å². The van der Waals surface area contributed by atoms with Gasteiger partial charge >= 0.3 is 0 Å². The molecule has 4 nitrogen and oxygen atoms in total. The van der Waals surface area contributed by atoms with E-state index in [1.54, 1.807) is 0 Å². The molecule has 1 atom stereocenters. The van der Waals surface area contributed by atoms with Crippen LogP contribution in [0.2, 0.25) is 0 Å². The number of halogens is 2. The van der Waals surface area contributed by atoms with E-state index in [4.69, 9.17) is 11.6 Å². The third kappa shape index (κ3) is 2.93. The van der Waals surface area contributed by atoms with Crippen molar-refractivity contribution in [3.8, 4) is 0 Å². The van der Waals surface area contributed by atoms with Gasteiger partial charge in [0.1, 0.15) is 12.4 Å².